The first-order chi connectivity index (χ1) is 19.6. The fourth-order valence-electron chi connectivity index (χ4n) is 11.2. The summed E-state index contributed by atoms with van der Waals surface area (Å²) in [7, 11) is -7.63. The summed E-state index contributed by atoms with van der Waals surface area (Å²) in [6.07, 6.45) is 11.2. The van der Waals surface area contributed by atoms with Gasteiger partial charge in [-0.1, -0.05) is 73.1 Å². The van der Waals surface area contributed by atoms with E-state index in [1.807, 2.05) is 0 Å². The van der Waals surface area contributed by atoms with E-state index in [0.29, 0.717) is 31.1 Å². The molecule has 238 valence electrons. The van der Waals surface area contributed by atoms with Crippen LogP contribution in [0.3, 0.4) is 0 Å². The van der Waals surface area contributed by atoms with Gasteiger partial charge < -0.3 is 0 Å². The molecular weight excluding hydrogens is 572 g/mol. The molecule has 2 aliphatic heterocycles. The molecular formula is C32H52N2O6S2. The molecule has 8 nitrogen and oxygen atoms in total. The van der Waals surface area contributed by atoms with E-state index in [1.165, 1.54) is 4.31 Å². The van der Waals surface area contributed by atoms with Crippen molar-refractivity contribution >= 4 is 31.9 Å². The fourth-order valence-corrected chi connectivity index (χ4v) is 16.3. The predicted molar refractivity (Wildman–Crippen MR) is 162 cm³/mol. The molecule has 6 fully saturated rings. The summed E-state index contributed by atoms with van der Waals surface area (Å²) < 4.78 is 56.9. The van der Waals surface area contributed by atoms with Gasteiger partial charge in [0.1, 0.15) is 0 Å². The topological polar surface area (TPSA) is 109 Å². The highest BCUT2D eigenvalue weighted by Gasteiger charge is 2.74. The van der Waals surface area contributed by atoms with Crippen LogP contribution >= 0.6 is 0 Å². The monoisotopic (exact) mass is 624 g/mol. The Morgan fingerprint density at radius 1 is 0.738 bits per heavy atom. The number of sulfonamides is 2. The second-order valence-electron chi connectivity index (χ2n) is 16.0. The van der Waals surface area contributed by atoms with Crippen molar-refractivity contribution in [3.8, 4) is 0 Å². The summed E-state index contributed by atoms with van der Waals surface area (Å²) >= 11 is 0. The van der Waals surface area contributed by atoms with Crippen LogP contribution in [0.15, 0.2) is 0 Å². The van der Waals surface area contributed by atoms with Crippen LogP contribution in [0, 0.1) is 39.4 Å². The zero-order valence-corrected chi connectivity index (χ0v) is 28.0. The van der Waals surface area contributed by atoms with E-state index in [4.69, 9.17) is 0 Å². The lowest BCUT2D eigenvalue weighted by Gasteiger charge is -2.38. The van der Waals surface area contributed by atoms with Crippen LogP contribution in [0.2, 0.25) is 0 Å². The van der Waals surface area contributed by atoms with Crippen LogP contribution < -0.4 is 0 Å². The van der Waals surface area contributed by atoms with E-state index in [2.05, 4.69) is 34.6 Å². The molecule has 0 N–H and O–H groups in total. The lowest BCUT2D eigenvalue weighted by atomic mass is 9.69. The van der Waals surface area contributed by atoms with Crippen molar-refractivity contribution in [2.24, 2.45) is 39.4 Å². The van der Waals surface area contributed by atoms with Gasteiger partial charge in [-0.05, 0) is 67.6 Å². The number of nitrogens with zero attached hydrogens (tertiary/aromatic N) is 2. The highest BCUT2D eigenvalue weighted by atomic mass is 32.2. The second kappa shape index (κ2) is 9.92. The smallest absolute Gasteiger partial charge is 0.239 e. The number of carbonyl (C=O) groups excluding carboxylic acids is 2. The maximum absolute atomic E-state index is 14.3. The number of amides is 2. The van der Waals surface area contributed by atoms with Gasteiger partial charge in [-0.15, -0.1) is 0 Å². The van der Waals surface area contributed by atoms with E-state index in [-0.39, 0.29) is 40.8 Å². The van der Waals surface area contributed by atoms with Crippen molar-refractivity contribution in [3.05, 3.63) is 0 Å². The Hall–Kier alpha value is -1.16. The molecule has 2 saturated heterocycles. The van der Waals surface area contributed by atoms with Gasteiger partial charge in [-0.3, -0.25) is 9.59 Å². The van der Waals surface area contributed by atoms with E-state index < -0.39 is 48.6 Å². The molecule has 0 unspecified atom stereocenters. The highest BCUT2D eigenvalue weighted by Crippen LogP contribution is 2.71. The summed E-state index contributed by atoms with van der Waals surface area (Å²) in [5.74, 6) is -1.03. The minimum atomic E-state index is -3.82. The normalized spacial score (nSPS) is 39.9. The molecule has 6 rings (SSSR count). The summed E-state index contributed by atoms with van der Waals surface area (Å²) in [6, 6.07) is -0.699. The lowest BCUT2D eigenvalue weighted by Crippen LogP contribution is -2.48. The van der Waals surface area contributed by atoms with Crippen molar-refractivity contribution in [1.29, 1.82) is 0 Å². The van der Waals surface area contributed by atoms with Gasteiger partial charge in [-0.2, -0.15) is 0 Å². The van der Waals surface area contributed by atoms with E-state index >= 15 is 0 Å². The van der Waals surface area contributed by atoms with Crippen molar-refractivity contribution in [2.45, 2.75) is 137 Å². The maximum Gasteiger partial charge on any atom is 0.239 e. The summed E-state index contributed by atoms with van der Waals surface area (Å²) in [4.78, 5) is 28.4. The number of rotatable bonds is 10. The van der Waals surface area contributed by atoms with Crippen LogP contribution in [0.4, 0.5) is 0 Å². The number of hydrogen-bond donors (Lipinski definition) is 0. The molecule has 4 aliphatic carbocycles. The Morgan fingerprint density at radius 3 is 1.74 bits per heavy atom. The van der Waals surface area contributed by atoms with Gasteiger partial charge >= 0.3 is 0 Å². The number of fused-ring (bicyclic) bond motifs is 2. The molecule has 4 saturated carbocycles. The molecule has 0 radical (unpaired) electrons. The van der Waals surface area contributed by atoms with E-state index in [9.17, 15) is 26.4 Å². The third-order valence-corrected chi connectivity index (χ3v) is 17.8. The number of carbonyl (C=O) groups is 2. The first-order valence-corrected chi connectivity index (χ1v) is 19.9. The van der Waals surface area contributed by atoms with Crippen molar-refractivity contribution < 1.29 is 26.4 Å². The average molecular weight is 625 g/mol. The van der Waals surface area contributed by atoms with Crippen molar-refractivity contribution in [3.63, 3.8) is 0 Å². The van der Waals surface area contributed by atoms with Gasteiger partial charge in [0.15, 0.2) is 0 Å². The number of unbranched alkanes of at least 4 members (excludes halogenated alkanes) is 5. The minimum absolute atomic E-state index is 0.000833. The second-order valence-corrected chi connectivity index (χ2v) is 19.7. The maximum atomic E-state index is 14.3. The summed E-state index contributed by atoms with van der Waals surface area (Å²) in [6.45, 7) is 10.8. The third kappa shape index (κ3) is 4.07. The Morgan fingerprint density at radius 2 is 1.21 bits per heavy atom. The van der Waals surface area contributed by atoms with E-state index in [0.717, 1.165) is 68.5 Å². The fraction of sp³-hybridized carbons (Fsp3) is 0.938. The first kappa shape index (κ1) is 30.8. The molecule has 7 atom stereocenters. The molecule has 4 bridgehead atoms. The molecule has 0 aromatic heterocycles. The Labute approximate surface area is 253 Å². The third-order valence-electron chi connectivity index (χ3n) is 14.0. The molecule has 0 aromatic carbocycles. The zero-order valence-electron chi connectivity index (χ0n) is 26.4. The molecule has 42 heavy (non-hydrogen) atoms. The predicted octanol–water partition coefficient (Wildman–Crippen LogP) is 5.48. The van der Waals surface area contributed by atoms with Crippen LogP contribution in [0.5, 0.6) is 0 Å². The van der Waals surface area contributed by atoms with Crippen LogP contribution in [-0.4, -0.2) is 60.8 Å². The largest absolute Gasteiger partial charge is 0.274 e. The zero-order chi connectivity index (χ0) is 30.5. The van der Waals surface area contributed by atoms with E-state index in [1.54, 1.807) is 0 Å². The Kier molecular flexibility index (Phi) is 7.29. The van der Waals surface area contributed by atoms with Crippen LogP contribution in [-0.2, 0) is 29.6 Å². The van der Waals surface area contributed by atoms with Crippen LogP contribution in [0.1, 0.15) is 125 Å². The minimum Gasteiger partial charge on any atom is -0.274 e. The average Bonchev–Trinajstić information content (AvgIpc) is 3.58. The highest BCUT2D eigenvalue weighted by molar-refractivity contribution is 7.90. The van der Waals surface area contributed by atoms with Gasteiger partial charge in [-0.25, -0.2) is 25.4 Å². The summed E-state index contributed by atoms with van der Waals surface area (Å²) in [5, 5.41) is 0. The van der Waals surface area contributed by atoms with Crippen molar-refractivity contribution in [1.82, 2.24) is 8.61 Å². The van der Waals surface area contributed by atoms with Gasteiger partial charge in [0.2, 0.25) is 31.9 Å². The standard InChI is InChI=1S/C32H52N2O6S2/c1-6-7-8-9-10-11-12-22(28(36)34-26-19-24-14-16-32(26,30(24,4)5)21-42(34,39)40)17-27(35)33-25-18-23-13-15-31(25,29(23,2)3)20-41(33,37)38/h22-26H,6-21H2,1-5H3/t22-,23-,24-,25-,26-,31-,32-/m1/s1. The van der Waals surface area contributed by atoms with Gasteiger partial charge in [0.05, 0.1) is 23.6 Å². The SMILES string of the molecule is CCCCCCCC[C@H](CC(=O)N1[C@@H]2C[C@H]3CC[C@]2(CS1(=O)=O)C3(C)C)C(=O)N1[C@@H]2C[C@H]3CC[C@]2(CS1(=O)=O)C3(C)C. The molecule has 10 heteroatoms. The lowest BCUT2D eigenvalue weighted by molar-refractivity contribution is -0.139. The summed E-state index contributed by atoms with van der Waals surface area (Å²) in [5.41, 5.74) is -1.17. The number of hydrogen-bond acceptors (Lipinski definition) is 6. The quantitative estimate of drug-likeness (QED) is 0.298. The molecule has 6 aliphatic rings. The van der Waals surface area contributed by atoms with Crippen molar-refractivity contribution in [2.75, 3.05) is 11.5 Å². The van der Waals surface area contributed by atoms with Gasteiger partial charge in [0.25, 0.3) is 0 Å². The molecule has 2 amide bonds. The Balaban J connectivity index is 1.26. The van der Waals surface area contributed by atoms with Crippen LogP contribution in [0.25, 0.3) is 0 Å². The molecule has 2 heterocycles. The molecule has 2 spiro atoms. The first-order valence-electron chi connectivity index (χ1n) is 16.7. The van der Waals surface area contributed by atoms with Gasteiger partial charge in [0, 0.05) is 23.2 Å². The Bertz CT molecular complexity index is 1360. The molecule has 0 aromatic rings.